The molecule has 0 saturated carbocycles. The second-order valence-electron chi connectivity index (χ2n) is 4.84. The van der Waals surface area contributed by atoms with E-state index in [1.165, 1.54) is 16.8 Å². The Morgan fingerprint density at radius 1 is 1.10 bits per heavy atom. The van der Waals surface area contributed by atoms with Crippen LogP contribution >= 0.6 is 0 Å². The first-order chi connectivity index (χ1) is 9.76. The highest BCUT2D eigenvalue weighted by Gasteiger charge is 2.10. The summed E-state index contributed by atoms with van der Waals surface area (Å²) in [4.78, 5) is 6.85. The number of rotatable bonds is 6. The first-order valence-corrected chi connectivity index (χ1v) is 7.25. The van der Waals surface area contributed by atoms with Crippen LogP contribution in [0.3, 0.4) is 0 Å². The lowest BCUT2D eigenvalue weighted by Gasteiger charge is -2.24. The molecule has 0 aliphatic carbocycles. The molecular formula is C17H23N3. The summed E-state index contributed by atoms with van der Waals surface area (Å²) in [5, 5.41) is 3.31. The maximum Gasteiger partial charge on any atom is 0.132 e. The summed E-state index contributed by atoms with van der Waals surface area (Å²) in [5.41, 5.74) is 3.71. The SMILES string of the molecule is CCNCc1ccc(N(CC)c2ccccc2C)nc1. The molecule has 0 fully saturated rings. The smallest absolute Gasteiger partial charge is 0.132 e. The Bertz CT molecular complexity index is 534. The molecular weight excluding hydrogens is 246 g/mol. The molecule has 1 aromatic heterocycles. The van der Waals surface area contributed by atoms with Crippen LogP contribution in [0.2, 0.25) is 0 Å². The fourth-order valence-corrected chi connectivity index (χ4v) is 2.27. The normalized spacial score (nSPS) is 10.6. The Morgan fingerprint density at radius 3 is 2.50 bits per heavy atom. The summed E-state index contributed by atoms with van der Waals surface area (Å²) in [7, 11) is 0. The lowest BCUT2D eigenvalue weighted by atomic mass is 10.1. The van der Waals surface area contributed by atoms with Gasteiger partial charge in [0, 0.05) is 25.0 Å². The highest BCUT2D eigenvalue weighted by atomic mass is 15.2. The molecule has 1 heterocycles. The highest BCUT2D eigenvalue weighted by molar-refractivity contribution is 5.63. The number of anilines is 2. The van der Waals surface area contributed by atoms with E-state index in [0.717, 1.165) is 25.5 Å². The molecule has 0 aliphatic rings. The Hall–Kier alpha value is -1.87. The second kappa shape index (κ2) is 7.06. The van der Waals surface area contributed by atoms with Gasteiger partial charge >= 0.3 is 0 Å². The number of hydrogen-bond acceptors (Lipinski definition) is 3. The molecule has 0 unspecified atom stereocenters. The predicted molar refractivity (Wildman–Crippen MR) is 85.5 cm³/mol. The molecule has 1 N–H and O–H groups in total. The van der Waals surface area contributed by atoms with Crippen LogP contribution in [0, 0.1) is 6.92 Å². The third kappa shape index (κ3) is 3.36. The van der Waals surface area contributed by atoms with E-state index < -0.39 is 0 Å². The molecule has 0 atom stereocenters. The predicted octanol–water partition coefficient (Wildman–Crippen LogP) is 3.66. The van der Waals surface area contributed by atoms with Crippen molar-refractivity contribution in [2.75, 3.05) is 18.0 Å². The molecule has 2 rings (SSSR count). The average molecular weight is 269 g/mol. The van der Waals surface area contributed by atoms with Gasteiger partial charge in [0.2, 0.25) is 0 Å². The quantitative estimate of drug-likeness (QED) is 0.867. The van der Waals surface area contributed by atoms with Gasteiger partial charge in [0.05, 0.1) is 0 Å². The Kier molecular flexibility index (Phi) is 5.13. The topological polar surface area (TPSA) is 28.2 Å². The van der Waals surface area contributed by atoms with Crippen molar-refractivity contribution in [1.29, 1.82) is 0 Å². The lowest BCUT2D eigenvalue weighted by Crippen LogP contribution is -2.18. The molecule has 3 heteroatoms. The third-order valence-electron chi connectivity index (χ3n) is 3.39. The fraction of sp³-hybridized carbons (Fsp3) is 0.353. The van der Waals surface area contributed by atoms with E-state index in [1.54, 1.807) is 0 Å². The van der Waals surface area contributed by atoms with Crippen LogP contribution in [0.5, 0.6) is 0 Å². The number of nitrogens with zero attached hydrogens (tertiary/aromatic N) is 2. The molecule has 0 bridgehead atoms. The standard InChI is InChI=1S/C17H23N3/c1-4-18-12-15-10-11-17(19-13-15)20(5-2)16-9-7-6-8-14(16)3/h6-11,13,18H,4-5,12H2,1-3H3. The number of aromatic nitrogens is 1. The zero-order chi connectivity index (χ0) is 14.4. The number of aryl methyl sites for hydroxylation is 1. The van der Waals surface area contributed by atoms with E-state index in [0.29, 0.717) is 0 Å². The first-order valence-electron chi connectivity index (χ1n) is 7.25. The number of para-hydroxylation sites is 1. The summed E-state index contributed by atoms with van der Waals surface area (Å²) in [6.07, 6.45) is 1.96. The van der Waals surface area contributed by atoms with Crippen molar-refractivity contribution >= 4 is 11.5 Å². The molecule has 2 aromatic rings. The fourth-order valence-electron chi connectivity index (χ4n) is 2.27. The van der Waals surface area contributed by atoms with Crippen LogP contribution in [0.4, 0.5) is 11.5 Å². The molecule has 0 amide bonds. The van der Waals surface area contributed by atoms with Gasteiger partial charge < -0.3 is 10.2 Å². The van der Waals surface area contributed by atoms with Gasteiger partial charge in [-0.2, -0.15) is 0 Å². The van der Waals surface area contributed by atoms with Gasteiger partial charge in [0.15, 0.2) is 0 Å². The van der Waals surface area contributed by atoms with Crippen molar-refractivity contribution in [3.63, 3.8) is 0 Å². The van der Waals surface area contributed by atoms with Crippen molar-refractivity contribution in [2.24, 2.45) is 0 Å². The first kappa shape index (κ1) is 14.5. The van der Waals surface area contributed by atoms with E-state index >= 15 is 0 Å². The van der Waals surface area contributed by atoms with Crippen molar-refractivity contribution < 1.29 is 0 Å². The Balaban J connectivity index is 2.22. The maximum absolute atomic E-state index is 4.61. The Labute approximate surface area is 121 Å². The molecule has 106 valence electrons. The summed E-state index contributed by atoms with van der Waals surface area (Å²) >= 11 is 0. The molecule has 20 heavy (non-hydrogen) atoms. The van der Waals surface area contributed by atoms with Crippen LogP contribution in [0.15, 0.2) is 42.6 Å². The minimum absolute atomic E-state index is 0.875. The maximum atomic E-state index is 4.61. The summed E-state index contributed by atoms with van der Waals surface area (Å²) in [6.45, 7) is 9.16. The van der Waals surface area contributed by atoms with Crippen molar-refractivity contribution in [3.8, 4) is 0 Å². The van der Waals surface area contributed by atoms with Gasteiger partial charge in [-0.3, -0.25) is 0 Å². The molecule has 3 nitrogen and oxygen atoms in total. The summed E-state index contributed by atoms with van der Waals surface area (Å²) < 4.78 is 0. The van der Waals surface area contributed by atoms with Crippen LogP contribution in [0.25, 0.3) is 0 Å². The summed E-state index contributed by atoms with van der Waals surface area (Å²) in [6, 6.07) is 12.7. The zero-order valence-corrected chi connectivity index (χ0v) is 12.6. The largest absolute Gasteiger partial charge is 0.326 e. The summed E-state index contributed by atoms with van der Waals surface area (Å²) in [5.74, 6) is 1.00. The van der Waals surface area contributed by atoms with Gasteiger partial charge in [0.1, 0.15) is 5.82 Å². The highest BCUT2D eigenvalue weighted by Crippen LogP contribution is 2.26. The number of nitrogens with one attached hydrogen (secondary N) is 1. The molecule has 1 aromatic carbocycles. The van der Waals surface area contributed by atoms with Gasteiger partial charge in [0.25, 0.3) is 0 Å². The van der Waals surface area contributed by atoms with Crippen molar-refractivity contribution in [2.45, 2.75) is 27.3 Å². The minimum Gasteiger partial charge on any atom is -0.326 e. The molecule has 0 radical (unpaired) electrons. The van der Waals surface area contributed by atoms with Crippen LogP contribution in [-0.2, 0) is 6.54 Å². The van der Waals surface area contributed by atoms with Crippen molar-refractivity contribution in [1.82, 2.24) is 10.3 Å². The number of benzene rings is 1. The van der Waals surface area contributed by atoms with Gasteiger partial charge in [-0.15, -0.1) is 0 Å². The molecule has 0 aliphatic heterocycles. The van der Waals surface area contributed by atoms with Gasteiger partial charge in [-0.05, 0) is 43.7 Å². The second-order valence-corrected chi connectivity index (χ2v) is 4.84. The van der Waals surface area contributed by atoms with Crippen molar-refractivity contribution in [3.05, 3.63) is 53.7 Å². The minimum atomic E-state index is 0.875. The lowest BCUT2D eigenvalue weighted by molar-refractivity contribution is 0.724. The zero-order valence-electron chi connectivity index (χ0n) is 12.6. The molecule has 0 spiro atoms. The number of pyridine rings is 1. The third-order valence-corrected chi connectivity index (χ3v) is 3.39. The molecule has 0 saturated heterocycles. The monoisotopic (exact) mass is 269 g/mol. The number of hydrogen-bond donors (Lipinski definition) is 1. The average Bonchev–Trinajstić information content (AvgIpc) is 2.49. The van der Waals surface area contributed by atoms with E-state index in [2.05, 4.69) is 72.4 Å². The van der Waals surface area contributed by atoms with Crippen LogP contribution < -0.4 is 10.2 Å². The van der Waals surface area contributed by atoms with E-state index in [-0.39, 0.29) is 0 Å². The van der Waals surface area contributed by atoms with E-state index in [1.807, 2.05) is 6.20 Å². The van der Waals surface area contributed by atoms with E-state index in [4.69, 9.17) is 0 Å². The van der Waals surface area contributed by atoms with Crippen LogP contribution in [0.1, 0.15) is 25.0 Å². The van der Waals surface area contributed by atoms with Crippen LogP contribution in [-0.4, -0.2) is 18.1 Å². The Morgan fingerprint density at radius 2 is 1.90 bits per heavy atom. The van der Waals surface area contributed by atoms with Gasteiger partial charge in [-0.25, -0.2) is 4.98 Å². The van der Waals surface area contributed by atoms with E-state index in [9.17, 15) is 0 Å². The van der Waals surface area contributed by atoms with Gasteiger partial charge in [-0.1, -0.05) is 31.2 Å².